The zero-order chi connectivity index (χ0) is 16.1. The number of amides is 1. The number of oxazole rings is 1. The van der Waals surface area contributed by atoms with E-state index in [-0.39, 0.29) is 11.7 Å². The van der Waals surface area contributed by atoms with Crippen molar-refractivity contribution in [1.29, 1.82) is 0 Å². The highest BCUT2D eigenvalue weighted by atomic mass is 16.6. The van der Waals surface area contributed by atoms with Gasteiger partial charge >= 0.3 is 6.09 Å². The van der Waals surface area contributed by atoms with Crippen molar-refractivity contribution in [3.63, 3.8) is 0 Å². The van der Waals surface area contributed by atoms with Crippen LogP contribution >= 0.6 is 0 Å². The van der Waals surface area contributed by atoms with E-state index in [9.17, 15) is 4.79 Å². The molecule has 0 N–H and O–H groups in total. The van der Waals surface area contributed by atoms with Gasteiger partial charge in [-0.05, 0) is 38.1 Å². The normalized spacial score (nSPS) is 31.7. The van der Waals surface area contributed by atoms with Crippen LogP contribution in [-0.2, 0) is 4.74 Å². The molecule has 24 heavy (non-hydrogen) atoms. The summed E-state index contributed by atoms with van der Waals surface area (Å²) in [6, 6.07) is 9.69. The fourth-order valence-electron chi connectivity index (χ4n) is 4.29. The first-order valence-corrected chi connectivity index (χ1v) is 8.47. The molecule has 2 aromatic rings. The first-order chi connectivity index (χ1) is 11.7. The molecule has 0 radical (unpaired) electrons. The van der Waals surface area contributed by atoms with Crippen molar-refractivity contribution in [1.82, 2.24) is 9.88 Å². The predicted octanol–water partition coefficient (Wildman–Crippen LogP) is 2.76. The summed E-state index contributed by atoms with van der Waals surface area (Å²) >= 11 is 0. The monoisotopic (exact) mass is 325 g/mol. The molecule has 6 rings (SSSR count). The molecule has 5 heterocycles. The molecule has 1 aromatic carbocycles. The summed E-state index contributed by atoms with van der Waals surface area (Å²) in [5.74, 6) is 1.51. The third-order valence-corrected chi connectivity index (χ3v) is 5.55. The predicted molar refractivity (Wildman–Crippen MR) is 87.7 cm³/mol. The molecule has 1 atom stereocenters. The average Bonchev–Trinajstić information content (AvgIpc) is 3.22. The number of nitrogens with zero attached hydrogens (tertiary/aromatic N) is 3. The quantitative estimate of drug-likeness (QED) is 0.850. The SMILES string of the molecule is O=C1OC2(CN3CCC2CC3)CN1c1coc(-c2ccccc2)n1. The Labute approximate surface area is 140 Å². The third kappa shape index (κ3) is 2.06. The van der Waals surface area contributed by atoms with Gasteiger partial charge in [-0.1, -0.05) is 18.2 Å². The molecule has 0 saturated carbocycles. The van der Waals surface area contributed by atoms with Gasteiger partial charge in [-0.25, -0.2) is 4.79 Å². The Kier molecular flexibility index (Phi) is 2.97. The lowest BCUT2D eigenvalue weighted by atomic mass is 9.75. The van der Waals surface area contributed by atoms with Gasteiger partial charge < -0.3 is 9.15 Å². The van der Waals surface area contributed by atoms with E-state index in [1.807, 2.05) is 30.3 Å². The minimum absolute atomic E-state index is 0.309. The number of piperidine rings is 3. The van der Waals surface area contributed by atoms with E-state index < -0.39 is 0 Å². The molecule has 6 nitrogen and oxygen atoms in total. The number of aromatic nitrogens is 1. The maximum Gasteiger partial charge on any atom is 0.416 e. The number of fused-ring (bicyclic) bond motifs is 2. The lowest BCUT2D eigenvalue weighted by Gasteiger charge is -2.49. The molecule has 6 heteroatoms. The van der Waals surface area contributed by atoms with Crippen LogP contribution in [0.2, 0.25) is 0 Å². The van der Waals surface area contributed by atoms with Crippen molar-refractivity contribution in [2.24, 2.45) is 5.92 Å². The number of hydrogen-bond acceptors (Lipinski definition) is 5. The fourth-order valence-corrected chi connectivity index (χ4v) is 4.29. The van der Waals surface area contributed by atoms with E-state index in [4.69, 9.17) is 9.15 Å². The topological polar surface area (TPSA) is 58.8 Å². The van der Waals surface area contributed by atoms with E-state index in [0.717, 1.165) is 38.0 Å². The third-order valence-electron chi connectivity index (χ3n) is 5.55. The van der Waals surface area contributed by atoms with Gasteiger partial charge in [0, 0.05) is 18.0 Å². The fraction of sp³-hybridized carbons (Fsp3) is 0.444. The summed E-state index contributed by atoms with van der Waals surface area (Å²) in [6.07, 6.45) is 3.45. The Bertz CT molecular complexity index is 767. The smallest absolute Gasteiger partial charge is 0.416 e. The van der Waals surface area contributed by atoms with Crippen LogP contribution in [0.3, 0.4) is 0 Å². The van der Waals surface area contributed by atoms with Gasteiger partial charge in [0.25, 0.3) is 0 Å². The molecule has 1 aromatic heterocycles. The van der Waals surface area contributed by atoms with Crippen LogP contribution in [0, 0.1) is 5.92 Å². The van der Waals surface area contributed by atoms with E-state index in [2.05, 4.69) is 9.88 Å². The zero-order valence-corrected chi connectivity index (χ0v) is 13.4. The number of rotatable bonds is 2. The Morgan fingerprint density at radius 3 is 2.62 bits per heavy atom. The minimum atomic E-state index is -0.376. The van der Waals surface area contributed by atoms with Crippen LogP contribution in [0.5, 0.6) is 0 Å². The van der Waals surface area contributed by atoms with Gasteiger partial charge in [0.2, 0.25) is 5.89 Å². The van der Waals surface area contributed by atoms with Crippen LogP contribution in [0.4, 0.5) is 10.6 Å². The number of anilines is 1. The van der Waals surface area contributed by atoms with Gasteiger partial charge in [-0.2, -0.15) is 4.98 Å². The number of carbonyl (C=O) groups excluding carboxylic acids is 1. The van der Waals surface area contributed by atoms with Crippen molar-refractivity contribution in [2.75, 3.05) is 31.1 Å². The summed E-state index contributed by atoms with van der Waals surface area (Å²) in [7, 11) is 0. The number of hydrogen-bond donors (Lipinski definition) is 0. The maximum absolute atomic E-state index is 12.5. The summed E-state index contributed by atoms with van der Waals surface area (Å²) in [5, 5.41) is 0. The summed E-state index contributed by atoms with van der Waals surface area (Å²) in [5.41, 5.74) is 0.522. The van der Waals surface area contributed by atoms with Crippen LogP contribution in [0.25, 0.3) is 11.5 Å². The molecule has 4 fully saturated rings. The molecule has 4 aliphatic rings. The standard InChI is InChI=1S/C18H19N3O3/c22-17-21(12-18(24-17)11-20-8-6-14(18)7-9-20)15-10-23-16(19-15)13-4-2-1-3-5-13/h1-5,10,14H,6-9,11-12H2. The van der Waals surface area contributed by atoms with Crippen molar-refractivity contribution in [3.05, 3.63) is 36.6 Å². The second-order valence-electron chi connectivity index (χ2n) is 6.95. The van der Waals surface area contributed by atoms with Gasteiger partial charge in [-0.15, -0.1) is 0 Å². The van der Waals surface area contributed by atoms with Crippen LogP contribution < -0.4 is 4.90 Å². The molecule has 1 amide bonds. The van der Waals surface area contributed by atoms with Crippen LogP contribution in [0.1, 0.15) is 12.8 Å². The van der Waals surface area contributed by atoms with Gasteiger partial charge in [0.05, 0.1) is 6.54 Å². The second-order valence-corrected chi connectivity index (χ2v) is 6.95. The van der Waals surface area contributed by atoms with E-state index in [1.54, 1.807) is 11.2 Å². The molecule has 2 bridgehead atoms. The van der Waals surface area contributed by atoms with Crippen molar-refractivity contribution in [3.8, 4) is 11.5 Å². The Balaban J connectivity index is 1.42. The van der Waals surface area contributed by atoms with Crippen molar-refractivity contribution < 1.29 is 13.9 Å². The summed E-state index contributed by atoms with van der Waals surface area (Å²) in [4.78, 5) is 21.0. The summed E-state index contributed by atoms with van der Waals surface area (Å²) in [6.45, 7) is 3.63. The molecule has 1 spiro atoms. The lowest BCUT2D eigenvalue weighted by molar-refractivity contribution is -0.0881. The largest absolute Gasteiger partial charge is 0.442 e. The maximum atomic E-state index is 12.5. The average molecular weight is 325 g/mol. The molecule has 124 valence electrons. The Hall–Kier alpha value is -2.34. The first kappa shape index (κ1) is 14.0. The highest BCUT2D eigenvalue weighted by molar-refractivity contribution is 5.89. The molecule has 4 aliphatic heterocycles. The van der Waals surface area contributed by atoms with Crippen molar-refractivity contribution >= 4 is 11.9 Å². The molecular weight excluding hydrogens is 306 g/mol. The minimum Gasteiger partial charge on any atom is -0.442 e. The Morgan fingerprint density at radius 1 is 1.12 bits per heavy atom. The van der Waals surface area contributed by atoms with Crippen molar-refractivity contribution in [2.45, 2.75) is 18.4 Å². The molecular formula is C18H19N3O3. The highest BCUT2D eigenvalue weighted by Gasteiger charge is 2.56. The lowest BCUT2D eigenvalue weighted by Crippen LogP contribution is -2.61. The van der Waals surface area contributed by atoms with E-state index in [1.165, 1.54) is 0 Å². The van der Waals surface area contributed by atoms with Gasteiger partial charge in [0.15, 0.2) is 5.82 Å². The molecule has 4 saturated heterocycles. The van der Waals surface area contributed by atoms with Gasteiger partial charge in [-0.3, -0.25) is 9.80 Å². The zero-order valence-electron chi connectivity index (χ0n) is 13.4. The molecule has 1 unspecified atom stereocenters. The Morgan fingerprint density at radius 2 is 1.92 bits per heavy atom. The van der Waals surface area contributed by atoms with E-state index >= 15 is 0 Å². The number of benzene rings is 1. The first-order valence-electron chi connectivity index (χ1n) is 8.47. The van der Waals surface area contributed by atoms with Gasteiger partial charge in [0.1, 0.15) is 11.9 Å². The number of ether oxygens (including phenoxy) is 1. The van der Waals surface area contributed by atoms with Crippen LogP contribution in [0.15, 0.2) is 41.0 Å². The highest BCUT2D eigenvalue weighted by Crippen LogP contribution is 2.43. The molecule has 0 aliphatic carbocycles. The second kappa shape index (κ2) is 5.08. The van der Waals surface area contributed by atoms with Crippen LogP contribution in [-0.4, -0.2) is 47.8 Å². The summed E-state index contributed by atoms with van der Waals surface area (Å²) < 4.78 is 11.4. The number of carbonyl (C=O) groups is 1. The van der Waals surface area contributed by atoms with E-state index in [0.29, 0.717) is 24.2 Å².